The van der Waals surface area contributed by atoms with Gasteiger partial charge in [-0.15, -0.1) is 0 Å². The number of amides is 1. The zero-order chi connectivity index (χ0) is 12.5. The molecule has 0 radical (unpaired) electrons. The molecule has 4 heteroatoms. The van der Waals surface area contributed by atoms with Crippen molar-refractivity contribution >= 4 is 11.6 Å². The Kier molecular flexibility index (Phi) is 2.41. The minimum atomic E-state index is -0.0240. The van der Waals surface area contributed by atoms with Gasteiger partial charge in [0.15, 0.2) is 0 Å². The molecule has 0 unspecified atom stereocenters. The van der Waals surface area contributed by atoms with Crippen molar-refractivity contribution in [2.24, 2.45) is 0 Å². The highest BCUT2D eigenvalue weighted by Gasteiger charge is 2.18. The minimum Gasteiger partial charge on any atom is -0.457 e. The van der Waals surface area contributed by atoms with E-state index >= 15 is 0 Å². The van der Waals surface area contributed by atoms with Crippen LogP contribution in [0.3, 0.4) is 0 Å². The number of hydrogen-bond acceptors (Lipinski definition) is 3. The average Bonchev–Trinajstić information content (AvgIpc) is 2.74. The lowest BCUT2D eigenvalue weighted by Gasteiger charge is -2.07. The summed E-state index contributed by atoms with van der Waals surface area (Å²) in [6, 6.07) is 12.6. The molecule has 1 heterocycles. The van der Waals surface area contributed by atoms with E-state index in [2.05, 4.69) is 5.32 Å². The first-order chi connectivity index (χ1) is 8.72. The van der Waals surface area contributed by atoms with E-state index in [1.54, 1.807) is 24.3 Å². The number of nitrogens with one attached hydrogen (secondary N) is 1. The molecule has 2 aromatic rings. The maximum absolute atomic E-state index is 11.4. The predicted molar refractivity (Wildman–Crippen MR) is 68.5 cm³/mol. The number of carbonyl (C=O) groups is 1. The Hall–Kier alpha value is -2.49. The van der Waals surface area contributed by atoms with Gasteiger partial charge in [-0.3, -0.25) is 4.79 Å². The molecule has 0 saturated carbocycles. The van der Waals surface area contributed by atoms with Gasteiger partial charge in [-0.25, -0.2) is 0 Å². The van der Waals surface area contributed by atoms with Crippen LogP contribution in [0.1, 0.15) is 15.9 Å². The second kappa shape index (κ2) is 4.07. The van der Waals surface area contributed by atoms with Crippen LogP contribution < -0.4 is 15.8 Å². The summed E-state index contributed by atoms with van der Waals surface area (Å²) in [7, 11) is 0. The summed E-state index contributed by atoms with van der Waals surface area (Å²) in [5.74, 6) is 1.42. The molecular weight excluding hydrogens is 228 g/mol. The van der Waals surface area contributed by atoms with E-state index in [9.17, 15) is 4.79 Å². The number of rotatable bonds is 2. The van der Waals surface area contributed by atoms with Crippen LogP contribution in [-0.4, -0.2) is 5.91 Å². The van der Waals surface area contributed by atoms with Crippen molar-refractivity contribution in [3.8, 4) is 11.5 Å². The van der Waals surface area contributed by atoms with Crippen LogP contribution in [0.2, 0.25) is 0 Å². The fourth-order valence-corrected chi connectivity index (χ4v) is 1.94. The van der Waals surface area contributed by atoms with Gasteiger partial charge in [0.2, 0.25) is 0 Å². The first-order valence-electron chi connectivity index (χ1n) is 5.67. The molecule has 0 fully saturated rings. The predicted octanol–water partition coefficient (Wildman–Crippen LogP) is 2.30. The lowest BCUT2D eigenvalue weighted by molar-refractivity contribution is 0.0966. The number of fused-ring (bicyclic) bond motifs is 1. The van der Waals surface area contributed by atoms with Crippen molar-refractivity contribution in [2.45, 2.75) is 6.54 Å². The van der Waals surface area contributed by atoms with Gasteiger partial charge in [-0.2, -0.15) is 0 Å². The number of nitrogen functional groups attached to an aromatic ring is 1. The molecule has 18 heavy (non-hydrogen) atoms. The second-order valence-corrected chi connectivity index (χ2v) is 4.17. The number of carbonyl (C=O) groups excluding carboxylic acids is 1. The topological polar surface area (TPSA) is 64.3 Å². The van der Waals surface area contributed by atoms with Crippen LogP contribution in [0, 0.1) is 0 Å². The average molecular weight is 240 g/mol. The molecule has 0 atom stereocenters. The Morgan fingerprint density at radius 3 is 2.56 bits per heavy atom. The van der Waals surface area contributed by atoms with Crippen molar-refractivity contribution in [1.29, 1.82) is 0 Å². The van der Waals surface area contributed by atoms with Crippen molar-refractivity contribution in [2.75, 3.05) is 5.73 Å². The highest BCUT2D eigenvalue weighted by atomic mass is 16.5. The summed E-state index contributed by atoms with van der Waals surface area (Å²) in [6.45, 7) is 0.563. The van der Waals surface area contributed by atoms with E-state index in [0.29, 0.717) is 12.2 Å². The maximum Gasteiger partial charge on any atom is 0.251 e. The molecule has 1 aliphatic rings. The fourth-order valence-electron chi connectivity index (χ4n) is 1.94. The standard InChI is InChI=1S/C14H12N2O2/c15-10-1-3-11(4-2-10)18-12-5-6-13-9(7-12)8-16-14(13)17/h1-7H,8,15H2,(H,16,17). The van der Waals surface area contributed by atoms with Gasteiger partial charge < -0.3 is 15.8 Å². The molecule has 4 nitrogen and oxygen atoms in total. The second-order valence-electron chi connectivity index (χ2n) is 4.17. The number of nitrogens with two attached hydrogens (primary N) is 1. The number of hydrogen-bond donors (Lipinski definition) is 2. The maximum atomic E-state index is 11.4. The molecule has 0 aromatic heterocycles. The van der Waals surface area contributed by atoms with Crippen molar-refractivity contribution in [3.63, 3.8) is 0 Å². The van der Waals surface area contributed by atoms with Crippen molar-refractivity contribution in [3.05, 3.63) is 53.6 Å². The molecule has 0 spiro atoms. The Bertz CT molecular complexity index is 606. The van der Waals surface area contributed by atoms with E-state index in [1.165, 1.54) is 0 Å². The summed E-state index contributed by atoms with van der Waals surface area (Å²) in [5.41, 5.74) is 8.00. The molecule has 0 aliphatic carbocycles. The summed E-state index contributed by atoms with van der Waals surface area (Å²) in [6.07, 6.45) is 0. The largest absolute Gasteiger partial charge is 0.457 e. The molecule has 0 saturated heterocycles. The third-order valence-corrected chi connectivity index (χ3v) is 2.88. The van der Waals surface area contributed by atoms with Gasteiger partial charge in [0.1, 0.15) is 11.5 Å². The quantitative estimate of drug-likeness (QED) is 0.792. The van der Waals surface area contributed by atoms with Gasteiger partial charge in [0.25, 0.3) is 5.91 Å². The third-order valence-electron chi connectivity index (χ3n) is 2.88. The zero-order valence-electron chi connectivity index (χ0n) is 9.64. The Labute approximate surface area is 104 Å². The van der Waals surface area contributed by atoms with Crippen LogP contribution in [0.4, 0.5) is 5.69 Å². The lowest BCUT2D eigenvalue weighted by Crippen LogP contribution is -2.12. The van der Waals surface area contributed by atoms with E-state index in [0.717, 1.165) is 22.6 Å². The summed E-state index contributed by atoms with van der Waals surface area (Å²) >= 11 is 0. The van der Waals surface area contributed by atoms with Gasteiger partial charge in [-0.1, -0.05) is 0 Å². The molecule has 0 bridgehead atoms. The fraction of sp³-hybridized carbons (Fsp3) is 0.0714. The van der Waals surface area contributed by atoms with Crippen LogP contribution in [0.5, 0.6) is 11.5 Å². The smallest absolute Gasteiger partial charge is 0.251 e. The molecule has 1 amide bonds. The molecule has 90 valence electrons. The molecule has 3 N–H and O–H groups in total. The van der Waals surface area contributed by atoms with Crippen LogP contribution >= 0.6 is 0 Å². The Balaban J connectivity index is 1.86. The van der Waals surface area contributed by atoms with Crippen LogP contribution in [0.15, 0.2) is 42.5 Å². The highest BCUT2D eigenvalue weighted by Crippen LogP contribution is 2.26. The van der Waals surface area contributed by atoms with Gasteiger partial charge in [0.05, 0.1) is 0 Å². The number of ether oxygens (including phenoxy) is 1. The number of benzene rings is 2. The third kappa shape index (κ3) is 1.88. The summed E-state index contributed by atoms with van der Waals surface area (Å²) < 4.78 is 5.70. The SMILES string of the molecule is Nc1ccc(Oc2ccc3c(c2)CNC3=O)cc1. The van der Waals surface area contributed by atoms with Gasteiger partial charge >= 0.3 is 0 Å². The van der Waals surface area contributed by atoms with E-state index in [4.69, 9.17) is 10.5 Å². The molecule has 1 aliphatic heterocycles. The first kappa shape index (κ1) is 10.7. The van der Waals surface area contributed by atoms with E-state index in [-0.39, 0.29) is 5.91 Å². The van der Waals surface area contributed by atoms with Gasteiger partial charge in [0, 0.05) is 17.8 Å². The van der Waals surface area contributed by atoms with Crippen molar-refractivity contribution < 1.29 is 9.53 Å². The van der Waals surface area contributed by atoms with Crippen molar-refractivity contribution in [1.82, 2.24) is 5.32 Å². The van der Waals surface area contributed by atoms with E-state index in [1.807, 2.05) is 18.2 Å². The van der Waals surface area contributed by atoms with Crippen LogP contribution in [0.25, 0.3) is 0 Å². The summed E-state index contributed by atoms with van der Waals surface area (Å²) in [4.78, 5) is 11.4. The summed E-state index contributed by atoms with van der Waals surface area (Å²) in [5, 5.41) is 2.77. The lowest BCUT2D eigenvalue weighted by atomic mass is 10.1. The minimum absolute atomic E-state index is 0.0240. The van der Waals surface area contributed by atoms with Crippen LogP contribution in [-0.2, 0) is 6.54 Å². The highest BCUT2D eigenvalue weighted by molar-refractivity contribution is 5.98. The first-order valence-corrected chi connectivity index (χ1v) is 5.67. The Morgan fingerprint density at radius 2 is 1.78 bits per heavy atom. The molecular formula is C14H12N2O2. The molecule has 2 aromatic carbocycles. The van der Waals surface area contributed by atoms with E-state index < -0.39 is 0 Å². The zero-order valence-corrected chi connectivity index (χ0v) is 9.64. The molecule has 3 rings (SSSR count). The monoisotopic (exact) mass is 240 g/mol. The number of anilines is 1. The Morgan fingerprint density at radius 1 is 1.06 bits per heavy atom. The van der Waals surface area contributed by atoms with Gasteiger partial charge in [-0.05, 0) is 48.0 Å². The normalized spacial score (nSPS) is 13.0.